The summed E-state index contributed by atoms with van der Waals surface area (Å²) in [6.07, 6.45) is 27.5. The first kappa shape index (κ1) is 81.6. The number of carboxylic acid groups (broad SMARTS) is 4. The second-order valence-corrected chi connectivity index (χ2v) is 20.9. The predicted molar refractivity (Wildman–Crippen MR) is 371 cm³/mol. The van der Waals surface area contributed by atoms with Crippen LogP contribution in [0.15, 0.2) is 137 Å². The van der Waals surface area contributed by atoms with Gasteiger partial charge in [0.1, 0.15) is 0 Å². The zero-order valence-electron chi connectivity index (χ0n) is 56.3. The highest BCUT2D eigenvalue weighted by molar-refractivity contribution is 5.91. The number of ether oxygens (including phenoxy) is 12. The second-order valence-electron chi connectivity index (χ2n) is 20.9. The number of hydrogen-bond acceptors (Lipinski definition) is 16. The van der Waals surface area contributed by atoms with Crippen LogP contribution in [0.1, 0.15) is 178 Å². The van der Waals surface area contributed by atoms with E-state index in [2.05, 4.69) is 67.2 Å². The van der Waals surface area contributed by atoms with Gasteiger partial charge in [0, 0.05) is 0 Å². The lowest BCUT2D eigenvalue weighted by Crippen LogP contribution is -2.08. The van der Waals surface area contributed by atoms with Crippen molar-refractivity contribution in [3.8, 4) is 69.0 Å². The van der Waals surface area contributed by atoms with Crippen LogP contribution in [0.2, 0.25) is 0 Å². The van der Waals surface area contributed by atoms with Gasteiger partial charge in [-0.2, -0.15) is 0 Å². The minimum atomic E-state index is -1.06. The molecular formula is C75H102O20. The maximum Gasteiger partial charge on any atom is 0.335 e. The summed E-state index contributed by atoms with van der Waals surface area (Å²) < 4.78 is 69.9. The summed E-state index contributed by atoms with van der Waals surface area (Å²) in [5.74, 6) is 0.283. The fourth-order valence-electron chi connectivity index (χ4n) is 7.87. The molecule has 0 aromatic heterocycles. The van der Waals surface area contributed by atoms with Crippen LogP contribution in [-0.2, 0) is 0 Å². The highest BCUT2D eigenvalue weighted by Gasteiger charge is 2.23. The Morgan fingerprint density at radius 3 is 0.674 bits per heavy atom. The molecular weight excluding hydrogens is 1220 g/mol. The Balaban J connectivity index is 0.000000536. The van der Waals surface area contributed by atoms with Gasteiger partial charge in [0.15, 0.2) is 46.0 Å². The Hall–Kier alpha value is -9.46. The first-order valence-electron chi connectivity index (χ1n) is 32.6. The second kappa shape index (κ2) is 51.0. The molecule has 4 aromatic rings. The molecule has 95 heavy (non-hydrogen) atoms. The first-order chi connectivity index (χ1) is 46.1. The van der Waals surface area contributed by atoms with Gasteiger partial charge in [-0.15, -0.1) is 39.5 Å². The lowest BCUT2D eigenvalue weighted by Gasteiger charge is -2.18. The molecule has 0 bridgehead atoms. The van der Waals surface area contributed by atoms with Gasteiger partial charge >= 0.3 is 23.9 Å². The summed E-state index contributed by atoms with van der Waals surface area (Å²) in [7, 11) is 0. The van der Waals surface area contributed by atoms with Gasteiger partial charge in [-0.1, -0.05) is 102 Å². The van der Waals surface area contributed by atoms with E-state index in [-0.39, 0.29) is 22.3 Å². The van der Waals surface area contributed by atoms with Crippen LogP contribution in [0.25, 0.3) is 0 Å². The number of allylic oxidation sites excluding steroid dienone is 1. The third-order valence-corrected chi connectivity index (χ3v) is 13.0. The van der Waals surface area contributed by atoms with Crippen molar-refractivity contribution in [2.75, 3.05) is 79.3 Å². The molecule has 0 heterocycles. The fraction of sp³-hybridized carbons (Fsp3) is 0.440. The van der Waals surface area contributed by atoms with E-state index in [1.165, 1.54) is 48.5 Å². The maximum absolute atomic E-state index is 11.8. The molecule has 4 rings (SSSR count). The summed E-state index contributed by atoms with van der Waals surface area (Å²) in [4.78, 5) is 46.2. The SMILES string of the molecule is C=CCCOc1cc(C(=O)O)cc(OCCC=C)c1OCCC=C.C=CCCOc1cc(C(=O)O)cc(OCCC=C)c1OCCC=C.CCCCOc1cc(C(=O)O)cc(OCC/C=C\CCCOc2cc(C(=O)O)cc(OCCCC)c2OCCCC)c1OCCCC. The standard InChI is InChI=1S/C37H54O10.2C19H24O5/c1-5-9-18-42-30-24-28(36(38)39)26-32(34(30)46-20-11-7-3)44-22-16-14-13-15-17-23-45-33-27-29(37(40)41)25-31(43-19-10-6-2)35(33)47-21-12-8-4;2*1-4-7-10-22-16-13-15(19(20)21)14-17(23-11-8-5-2)18(16)24-12-9-6-3/h13-14,24-27H,5-12,15-23H2,1-4H3,(H,38,39)(H,40,41);2*4-6,13-14H,1-3,7-12H2,(H,20,21)/b14-13-;;. The van der Waals surface area contributed by atoms with Crippen LogP contribution in [0, 0.1) is 0 Å². The molecule has 20 heteroatoms. The van der Waals surface area contributed by atoms with Crippen molar-refractivity contribution in [2.45, 2.75) is 137 Å². The Morgan fingerprint density at radius 1 is 0.274 bits per heavy atom. The van der Waals surface area contributed by atoms with E-state index in [4.69, 9.17) is 56.8 Å². The van der Waals surface area contributed by atoms with Crippen LogP contribution < -0.4 is 56.8 Å². The molecule has 0 saturated carbocycles. The van der Waals surface area contributed by atoms with Crippen LogP contribution in [0.5, 0.6) is 69.0 Å². The third-order valence-electron chi connectivity index (χ3n) is 13.0. The smallest absolute Gasteiger partial charge is 0.335 e. The molecule has 0 unspecified atom stereocenters. The summed E-state index contributed by atoms with van der Waals surface area (Å²) in [5, 5.41) is 37.9. The molecule has 0 aliphatic rings. The van der Waals surface area contributed by atoms with E-state index in [0.717, 1.165) is 57.8 Å². The molecule has 0 amide bonds. The number of rotatable bonds is 53. The van der Waals surface area contributed by atoms with Gasteiger partial charge in [-0.25, -0.2) is 19.2 Å². The van der Waals surface area contributed by atoms with Gasteiger partial charge < -0.3 is 77.3 Å². The van der Waals surface area contributed by atoms with Crippen molar-refractivity contribution < 1.29 is 96.4 Å². The predicted octanol–water partition coefficient (Wildman–Crippen LogP) is 17.5. The number of unbranched alkanes of at least 4 members (excludes halogenated alkanes) is 5. The highest BCUT2D eigenvalue weighted by atomic mass is 16.6. The molecule has 0 radical (unpaired) electrons. The number of benzene rings is 4. The summed E-state index contributed by atoms with van der Waals surface area (Å²) in [6, 6.07) is 11.7. The molecule has 0 spiro atoms. The van der Waals surface area contributed by atoms with Crippen LogP contribution >= 0.6 is 0 Å². The van der Waals surface area contributed by atoms with Crippen molar-refractivity contribution in [1.82, 2.24) is 0 Å². The Bertz CT molecular complexity index is 2830. The van der Waals surface area contributed by atoms with E-state index in [1.807, 2.05) is 12.2 Å². The van der Waals surface area contributed by atoms with E-state index in [0.29, 0.717) is 200 Å². The molecule has 0 aliphatic heterocycles. The minimum Gasteiger partial charge on any atom is -0.490 e. The number of carboxylic acids is 4. The van der Waals surface area contributed by atoms with Gasteiger partial charge in [0.05, 0.1) is 102 Å². The molecule has 20 nitrogen and oxygen atoms in total. The number of hydrogen-bond donors (Lipinski definition) is 4. The summed E-state index contributed by atoms with van der Waals surface area (Å²) in [5.41, 5.74) is 0.320. The van der Waals surface area contributed by atoms with Crippen molar-refractivity contribution >= 4 is 23.9 Å². The van der Waals surface area contributed by atoms with Crippen molar-refractivity contribution in [2.24, 2.45) is 0 Å². The van der Waals surface area contributed by atoms with Gasteiger partial charge in [-0.3, -0.25) is 0 Å². The molecule has 0 atom stereocenters. The van der Waals surface area contributed by atoms with Gasteiger partial charge in [0.2, 0.25) is 23.0 Å². The van der Waals surface area contributed by atoms with E-state index < -0.39 is 23.9 Å². The first-order valence-corrected chi connectivity index (χ1v) is 32.6. The zero-order valence-corrected chi connectivity index (χ0v) is 56.3. The minimum absolute atomic E-state index is 0.0771. The zero-order chi connectivity index (χ0) is 69.9. The van der Waals surface area contributed by atoms with Crippen LogP contribution in [0.3, 0.4) is 0 Å². The quantitative estimate of drug-likeness (QED) is 0.0236. The molecule has 4 N–H and O–H groups in total. The molecule has 0 saturated heterocycles. The lowest BCUT2D eigenvalue weighted by molar-refractivity contribution is 0.0685. The normalized spacial score (nSPS) is 10.4. The molecule has 4 aromatic carbocycles. The fourth-order valence-corrected chi connectivity index (χ4v) is 7.87. The molecule has 0 fully saturated rings. The average molecular weight is 1320 g/mol. The van der Waals surface area contributed by atoms with Crippen molar-refractivity contribution in [1.29, 1.82) is 0 Å². The van der Waals surface area contributed by atoms with Crippen LogP contribution in [-0.4, -0.2) is 124 Å². The van der Waals surface area contributed by atoms with Crippen molar-refractivity contribution in [3.05, 3.63) is 159 Å². The Morgan fingerprint density at radius 2 is 0.453 bits per heavy atom. The third kappa shape index (κ3) is 32.8. The number of aromatic carboxylic acids is 4. The van der Waals surface area contributed by atoms with E-state index >= 15 is 0 Å². The number of carbonyl (C=O) groups is 4. The Kier molecular flexibility index (Phi) is 43.8. The van der Waals surface area contributed by atoms with Gasteiger partial charge in [-0.05, 0) is 132 Å². The van der Waals surface area contributed by atoms with Crippen molar-refractivity contribution in [3.63, 3.8) is 0 Å². The largest absolute Gasteiger partial charge is 0.490 e. The average Bonchev–Trinajstić information content (AvgIpc) is 1.09. The summed E-state index contributed by atoms with van der Waals surface area (Å²) in [6.45, 7) is 35.0. The van der Waals surface area contributed by atoms with E-state index in [1.54, 1.807) is 36.5 Å². The van der Waals surface area contributed by atoms with Crippen LogP contribution in [0.4, 0.5) is 0 Å². The topological polar surface area (TPSA) is 260 Å². The lowest BCUT2D eigenvalue weighted by atomic mass is 10.1. The monoisotopic (exact) mass is 1320 g/mol. The van der Waals surface area contributed by atoms with Gasteiger partial charge in [0.25, 0.3) is 0 Å². The highest BCUT2D eigenvalue weighted by Crippen LogP contribution is 2.43. The molecule has 0 aliphatic carbocycles. The van der Waals surface area contributed by atoms with E-state index in [9.17, 15) is 39.6 Å². The Labute approximate surface area is 562 Å². The maximum atomic E-state index is 11.8. The summed E-state index contributed by atoms with van der Waals surface area (Å²) >= 11 is 0. The molecule has 522 valence electrons.